The fraction of sp³-hybridized carbons (Fsp3) is 0.189. The second kappa shape index (κ2) is 16.5. The molecule has 2 heterocycles. The highest BCUT2D eigenvalue weighted by molar-refractivity contribution is 8.13. The summed E-state index contributed by atoms with van der Waals surface area (Å²) >= 11 is 0. The van der Waals surface area contributed by atoms with Crippen molar-refractivity contribution < 1.29 is 26.4 Å². The molecule has 0 atom stereocenters. The Labute approximate surface area is 301 Å². The Hall–Kier alpha value is -5.47. The summed E-state index contributed by atoms with van der Waals surface area (Å²) in [5.74, 6) is 0.0479. The van der Waals surface area contributed by atoms with E-state index in [1.54, 1.807) is 66.7 Å². The van der Waals surface area contributed by atoms with Gasteiger partial charge in [0.25, 0.3) is 0 Å². The highest BCUT2D eigenvalue weighted by Gasteiger charge is 2.20. The number of anilines is 1. The summed E-state index contributed by atoms with van der Waals surface area (Å²) in [6.45, 7) is 0. The SMILES string of the molecule is CS(=O)(=O)Cc1ccc2c(c1)CC(=O)CC(c1cccc(C#N)c1)=N2.CS(=O)(=O)Cl.N#Cc1cccc(C2=Nc3ccc(N)cc3CC(=O)C2)c1. The number of nitrogens with zero attached hydrogens (tertiary/aromatic N) is 4. The summed E-state index contributed by atoms with van der Waals surface area (Å²) in [7, 11) is -1.83. The minimum atomic E-state index is -3.19. The van der Waals surface area contributed by atoms with Gasteiger partial charge >= 0.3 is 0 Å². The Morgan fingerprint density at radius 1 is 0.686 bits per heavy atom. The van der Waals surface area contributed by atoms with Crippen molar-refractivity contribution in [2.45, 2.75) is 31.4 Å². The number of carbonyl (C=O) groups excluding carboxylic acids is 2. The first kappa shape index (κ1) is 38.3. The van der Waals surface area contributed by atoms with Crippen molar-refractivity contribution >= 4 is 69.6 Å². The first-order chi connectivity index (χ1) is 24.0. The Morgan fingerprint density at radius 2 is 1.14 bits per heavy atom. The molecule has 2 aliphatic rings. The van der Waals surface area contributed by atoms with Crippen LogP contribution in [0.2, 0.25) is 0 Å². The van der Waals surface area contributed by atoms with Gasteiger partial charge in [-0.05, 0) is 76.3 Å². The van der Waals surface area contributed by atoms with E-state index in [9.17, 15) is 26.4 Å². The third-order valence-corrected chi connectivity index (χ3v) is 8.20. The topological polar surface area (TPSA) is 201 Å². The zero-order valence-electron chi connectivity index (χ0n) is 27.6. The van der Waals surface area contributed by atoms with Crippen molar-refractivity contribution in [3.63, 3.8) is 0 Å². The number of rotatable bonds is 4. The van der Waals surface area contributed by atoms with Crippen LogP contribution in [0, 0.1) is 22.7 Å². The van der Waals surface area contributed by atoms with Gasteiger partial charge in [0.1, 0.15) is 11.6 Å². The van der Waals surface area contributed by atoms with Crippen LogP contribution in [0.3, 0.4) is 0 Å². The van der Waals surface area contributed by atoms with Crippen molar-refractivity contribution in [1.82, 2.24) is 0 Å². The van der Waals surface area contributed by atoms with Crippen molar-refractivity contribution in [1.29, 1.82) is 10.5 Å². The number of halogens is 1. The number of nitriles is 2. The van der Waals surface area contributed by atoms with Gasteiger partial charge in [0.05, 0.1) is 58.1 Å². The number of sulfone groups is 1. The Balaban J connectivity index is 0.000000204. The minimum absolute atomic E-state index is 0.0105. The number of nitrogens with two attached hydrogens (primary N) is 1. The molecular weight excluding hydrogens is 710 g/mol. The van der Waals surface area contributed by atoms with E-state index in [-0.39, 0.29) is 36.6 Å². The maximum Gasteiger partial charge on any atom is 0.229 e. The second-order valence-electron chi connectivity index (χ2n) is 11.9. The van der Waals surface area contributed by atoms with Crippen molar-refractivity contribution in [3.8, 4) is 12.1 Å². The highest BCUT2D eigenvalue weighted by atomic mass is 35.7. The Morgan fingerprint density at radius 3 is 1.59 bits per heavy atom. The molecule has 0 radical (unpaired) electrons. The number of carbonyl (C=O) groups is 2. The number of ketones is 2. The molecule has 0 fully saturated rings. The van der Waals surface area contributed by atoms with Crippen LogP contribution in [0.5, 0.6) is 0 Å². The third-order valence-electron chi connectivity index (χ3n) is 7.34. The van der Waals surface area contributed by atoms with Crippen LogP contribution < -0.4 is 5.73 Å². The van der Waals surface area contributed by atoms with Crippen molar-refractivity contribution in [2.75, 3.05) is 18.2 Å². The van der Waals surface area contributed by atoms with Gasteiger partial charge < -0.3 is 5.73 Å². The van der Waals surface area contributed by atoms with E-state index in [1.807, 2.05) is 18.2 Å². The van der Waals surface area contributed by atoms with Crippen LogP contribution in [-0.4, -0.2) is 52.3 Å². The van der Waals surface area contributed by atoms with Crippen LogP contribution in [0.4, 0.5) is 17.1 Å². The monoisotopic (exact) mass is 741 g/mol. The second-order valence-corrected chi connectivity index (χ2v) is 17.1. The van der Waals surface area contributed by atoms with E-state index >= 15 is 0 Å². The minimum Gasteiger partial charge on any atom is -0.399 e. The number of fused-ring (bicyclic) bond motifs is 2. The molecule has 0 bridgehead atoms. The molecule has 6 rings (SSSR count). The molecule has 2 aliphatic heterocycles. The predicted octanol–water partition coefficient (Wildman–Crippen LogP) is 5.70. The van der Waals surface area contributed by atoms with Gasteiger partial charge in [0, 0.05) is 48.3 Å². The molecular formula is C37H32ClN5O6S2. The van der Waals surface area contributed by atoms with Gasteiger partial charge in [-0.1, -0.05) is 36.4 Å². The molecule has 14 heteroatoms. The molecule has 0 spiro atoms. The Kier molecular flexibility index (Phi) is 12.4. The third kappa shape index (κ3) is 12.1. The van der Waals surface area contributed by atoms with Gasteiger partial charge in [-0.25, -0.2) is 16.8 Å². The summed E-state index contributed by atoms with van der Waals surface area (Å²) in [6.07, 6.45) is 3.12. The van der Waals surface area contributed by atoms with E-state index in [2.05, 4.69) is 32.8 Å². The van der Waals surface area contributed by atoms with E-state index in [4.69, 9.17) is 16.3 Å². The van der Waals surface area contributed by atoms with Gasteiger partial charge in [-0.2, -0.15) is 10.5 Å². The van der Waals surface area contributed by atoms with Crippen molar-refractivity contribution in [2.24, 2.45) is 9.98 Å². The van der Waals surface area contributed by atoms with Gasteiger partial charge in [-0.15, -0.1) is 0 Å². The zero-order chi connectivity index (χ0) is 37.3. The summed E-state index contributed by atoms with van der Waals surface area (Å²) in [4.78, 5) is 33.6. The quantitative estimate of drug-likeness (QED) is 0.201. The highest BCUT2D eigenvalue weighted by Crippen LogP contribution is 2.29. The first-order valence-corrected chi connectivity index (χ1v) is 20.0. The standard InChI is InChI=1S/C19H16N2O3S.C17H13N3O.CH3ClO2S/c1-25(23,24)12-14-5-6-18-16(8-14)9-17(22)10-19(21-18)15-4-2-3-13(7-15)11-20;18-10-11-2-1-3-12(6-11)17-9-15(21)8-13-7-14(19)4-5-16(13)20-17;1-5(2,3)4/h2-8H,9-10,12H2,1H3;1-7H,8-9,19H2;1H3. The molecule has 0 saturated carbocycles. The number of hydrogen-bond acceptors (Lipinski definition) is 11. The number of Topliss-reactive ketones (excluding diaryl/α,β-unsaturated/α-hetero) is 2. The molecule has 11 nitrogen and oxygen atoms in total. The lowest BCUT2D eigenvalue weighted by Gasteiger charge is -2.06. The Bertz CT molecular complexity index is 2380. The predicted molar refractivity (Wildman–Crippen MR) is 198 cm³/mol. The van der Waals surface area contributed by atoms with Crippen LogP contribution in [0.15, 0.2) is 94.9 Å². The average molecular weight is 742 g/mol. The van der Waals surface area contributed by atoms with E-state index < -0.39 is 18.9 Å². The van der Waals surface area contributed by atoms with Crippen LogP contribution in [0.1, 0.15) is 51.8 Å². The molecule has 0 amide bonds. The largest absolute Gasteiger partial charge is 0.399 e. The van der Waals surface area contributed by atoms with Crippen molar-refractivity contribution in [3.05, 3.63) is 124 Å². The van der Waals surface area contributed by atoms with Crippen LogP contribution in [0.25, 0.3) is 0 Å². The molecule has 260 valence electrons. The lowest BCUT2D eigenvalue weighted by molar-refractivity contribution is -0.118. The molecule has 0 aliphatic carbocycles. The molecule has 0 saturated heterocycles. The molecule has 2 N–H and O–H groups in total. The van der Waals surface area contributed by atoms with E-state index in [0.29, 0.717) is 45.9 Å². The van der Waals surface area contributed by atoms with Crippen LogP contribution in [-0.2, 0) is 47.1 Å². The van der Waals surface area contributed by atoms with Gasteiger partial charge in [0.15, 0.2) is 9.84 Å². The number of benzene rings is 4. The number of aliphatic imine (C=N–C) groups is 2. The van der Waals surface area contributed by atoms with E-state index in [0.717, 1.165) is 34.2 Å². The number of hydrogen-bond donors (Lipinski definition) is 1. The van der Waals surface area contributed by atoms with Gasteiger partial charge in [0.2, 0.25) is 9.05 Å². The fourth-order valence-corrected chi connectivity index (χ4v) is 6.09. The zero-order valence-corrected chi connectivity index (χ0v) is 30.0. The van der Waals surface area contributed by atoms with E-state index in [1.165, 1.54) is 6.26 Å². The smallest absolute Gasteiger partial charge is 0.229 e. The normalized spacial score (nSPS) is 13.8. The summed E-state index contributed by atoms with van der Waals surface area (Å²) in [5.41, 5.74) is 14.0. The van der Waals surface area contributed by atoms with Crippen LogP contribution >= 0.6 is 10.7 Å². The molecule has 0 aromatic heterocycles. The lowest BCUT2D eigenvalue weighted by Crippen LogP contribution is -2.09. The molecule has 51 heavy (non-hydrogen) atoms. The first-order valence-electron chi connectivity index (χ1n) is 15.3. The summed E-state index contributed by atoms with van der Waals surface area (Å²) in [5, 5.41) is 18.0. The molecule has 0 unspecified atom stereocenters. The van der Waals surface area contributed by atoms with Gasteiger partial charge in [-0.3, -0.25) is 19.6 Å². The average Bonchev–Trinajstić information content (AvgIpc) is 3.33. The summed E-state index contributed by atoms with van der Waals surface area (Å²) in [6, 6.07) is 29.0. The lowest BCUT2D eigenvalue weighted by atomic mass is 10.0. The molecule has 4 aromatic carbocycles. The maximum absolute atomic E-state index is 12.3. The molecule has 4 aromatic rings. The number of nitrogen functional groups attached to an aromatic ring is 1. The summed E-state index contributed by atoms with van der Waals surface area (Å²) < 4.78 is 41.7. The maximum atomic E-state index is 12.3. The fourth-order valence-electron chi connectivity index (χ4n) is 5.30.